The predicted octanol–water partition coefficient (Wildman–Crippen LogP) is 3.98. The lowest BCUT2D eigenvalue weighted by atomic mass is 10.1. The van der Waals surface area contributed by atoms with E-state index in [1.54, 1.807) is 35.6 Å². The number of aryl methyl sites for hydroxylation is 1. The number of rotatable bonds is 7. The molecule has 142 valence electrons. The zero-order chi connectivity index (χ0) is 19.4. The monoisotopic (exact) mass is 401 g/mol. The molecule has 0 saturated heterocycles. The van der Waals surface area contributed by atoms with Crippen molar-refractivity contribution in [3.63, 3.8) is 0 Å². The maximum absolute atomic E-state index is 12.2. The third-order valence-corrected chi connectivity index (χ3v) is 6.63. The molecule has 1 amide bonds. The Hall–Kier alpha value is -2.18. The van der Waals surface area contributed by atoms with E-state index in [9.17, 15) is 13.2 Å². The van der Waals surface area contributed by atoms with E-state index in [1.165, 1.54) is 21.9 Å². The van der Waals surface area contributed by atoms with Gasteiger partial charge in [0, 0.05) is 23.4 Å². The van der Waals surface area contributed by atoms with Gasteiger partial charge in [-0.1, -0.05) is 30.3 Å². The van der Waals surface area contributed by atoms with Crippen LogP contribution >= 0.6 is 11.3 Å². The van der Waals surface area contributed by atoms with Crippen molar-refractivity contribution in [2.24, 2.45) is 0 Å². The fourth-order valence-corrected chi connectivity index (χ4v) is 4.69. The lowest BCUT2D eigenvalue weighted by Gasteiger charge is -2.14. The number of sulfone groups is 1. The highest BCUT2D eigenvalue weighted by atomic mass is 32.2. The number of benzene rings is 2. The SMILES string of the molecule is C[C@@H](Cc1csc2ccccc12)NC(=O)CCc1ccc(S(C)(=O)=O)cc1. The molecule has 1 heterocycles. The number of amides is 1. The zero-order valence-corrected chi connectivity index (χ0v) is 17.1. The van der Waals surface area contributed by atoms with Crippen molar-refractivity contribution in [2.75, 3.05) is 6.26 Å². The average molecular weight is 402 g/mol. The van der Waals surface area contributed by atoms with E-state index in [4.69, 9.17) is 0 Å². The van der Waals surface area contributed by atoms with Crippen LogP contribution in [0.4, 0.5) is 0 Å². The van der Waals surface area contributed by atoms with Crippen molar-refractivity contribution in [1.29, 1.82) is 0 Å². The van der Waals surface area contributed by atoms with Gasteiger partial charge in [-0.25, -0.2) is 8.42 Å². The maximum atomic E-state index is 12.2. The van der Waals surface area contributed by atoms with Gasteiger partial charge in [-0.15, -0.1) is 11.3 Å². The minimum absolute atomic E-state index is 0.00854. The molecule has 0 saturated carbocycles. The van der Waals surface area contributed by atoms with Gasteiger partial charge in [-0.2, -0.15) is 0 Å². The first-order valence-corrected chi connectivity index (χ1v) is 11.6. The number of nitrogens with one attached hydrogen (secondary N) is 1. The molecule has 2 aromatic carbocycles. The summed E-state index contributed by atoms with van der Waals surface area (Å²) in [6.07, 6.45) is 2.96. The number of carbonyl (C=O) groups excluding carboxylic acids is 1. The molecule has 0 fully saturated rings. The summed E-state index contributed by atoms with van der Waals surface area (Å²) >= 11 is 1.73. The van der Waals surface area contributed by atoms with Crippen molar-refractivity contribution < 1.29 is 13.2 Å². The molecule has 27 heavy (non-hydrogen) atoms. The highest BCUT2D eigenvalue weighted by Crippen LogP contribution is 2.26. The maximum Gasteiger partial charge on any atom is 0.220 e. The molecular formula is C21H23NO3S2. The van der Waals surface area contributed by atoms with Crippen molar-refractivity contribution in [3.05, 3.63) is 65.0 Å². The summed E-state index contributed by atoms with van der Waals surface area (Å²) in [6.45, 7) is 2.02. The highest BCUT2D eigenvalue weighted by Gasteiger charge is 2.12. The Morgan fingerprint density at radius 2 is 1.81 bits per heavy atom. The summed E-state index contributed by atoms with van der Waals surface area (Å²) in [5, 5.41) is 6.48. The average Bonchev–Trinajstić information content (AvgIpc) is 3.02. The summed E-state index contributed by atoms with van der Waals surface area (Å²) in [4.78, 5) is 12.5. The molecule has 1 atom stereocenters. The Kier molecular flexibility index (Phi) is 5.97. The van der Waals surface area contributed by atoms with Crippen LogP contribution in [0.1, 0.15) is 24.5 Å². The minimum Gasteiger partial charge on any atom is -0.353 e. The molecular weight excluding hydrogens is 378 g/mol. The largest absolute Gasteiger partial charge is 0.353 e. The van der Waals surface area contributed by atoms with Crippen molar-refractivity contribution in [1.82, 2.24) is 5.32 Å². The Labute approximate surface area is 164 Å². The normalized spacial score (nSPS) is 12.8. The van der Waals surface area contributed by atoms with Crippen LogP contribution in [0.15, 0.2) is 58.8 Å². The number of hydrogen-bond donors (Lipinski definition) is 1. The smallest absolute Gasteiger partial charge is 0.220 e. The van der Waals surface area contributed by atoms with Crippen LogP contribution in [-0.2, 0) is 27.5 Å². The van der Waals surface area contributed by atoms with Gasteiger partial charge in [0.05, 0.1) is 4.90 Å². The van der Waals surface area contributed by atoms with Crippen molar-refractivity contribution in [2.45, 2.75) is 37.1 Å². The lowest BCUT2D eigenvalue weighted by Crippen LogP contribution is -2.34. The summed E-state index contributed by atoms with van der Waals surface area (Å²) in [5.74, 6) is 0.00854. The molecule has 3 rings (SSSR count). The Bertz CT molecular complexity index is 1040. The summed E-state index contributed by atoms with van der Waals surface area (Å²) in [7, 11) is -3.19. The van der Waals surface area contributed by atoms with Crippen molar-refractivity contribution >= 4 is 37.2 Å². The molecule has 1 N–H and O–H groups in total. The van der Waals surface area contributed by atoms with Crippen molar-refractivity contribution in [3.8, 4) is 0 Å². The molecule has 0 bridgehead atoms. The first-order valence-electron chi connectivity index (χ1n) is 8.86. The minimum atomic E-state index is -3.19. The van der Waals surface area contributed by atoms with Gasteiger partial charge in [-0.3, -0.25) is 4.79 Å². The van der Waals surface area contributed by atoms with E-state index in [2.05, 4.69) is 22.8 Å². The van der Waals surface area contributed by atoms with E-state index in [0.717, 1.165) is 12.0 Å². The quantitative estimate of drug-likeness (QED) is 0.651. The predicted molar refractivity (Wildman–Crippen MR) is 111 cm³/mol. The molecule has 0 unspecified atom stereocenters. The fourth-order valence-electron chi connectivity index (χ4n) is 3.08. The van der Waals surface area contributed by atoms with Crippen LogP contribution in [-0.4, -0.2) is 26.6 Å². The Morgan fingerprint density at radius 3 is 2.52 bits per heavy atom. The van der Waals surface area contributed by atoms with E-state index in [1.807, 2.05) is 19.1 Å². The van der Waals surface area contributed by atoms with Gasteiger partial charge < -0.3 is 5.32 Å². The molecule has 0 radical (unpaired) electrons. The standard InChI is InChI=1S/C21H23NO3S2/c1-15(13-17-14-26-20-6-4-3-5-19(17)20)22-21(23)12-9-16-7-10-18(11-8-16)27(2,24)25/h3-8,10-11,14-15H,9,12-13H2,1-2H3,(H,22,23)/t15-/m0/s1. The molecule has 0 aliphatic heterocycles. The van der Waals surface area contributed by atoms with E-state index < -0.39 is 9.84 Å². The third-order valence-electron chi connectivity index (χ3n) is 4.49. The molecule has 0 aliphatic carbocycles. The summed E-state index contributed by atoms with van der Waals surface area (Å²) in [5.41, 5.74) is 2.22. The molecule has 0 aliphatic rings. The van der Waals surface area contributed by atoms with E-state index >= 15 is 0 Å². The summed E-state index contributed by atoms with van der Waals surface area (Å²) in [6, 6.07) is 15.1. The van der Waals surface area contributed by atoms with Gasteiger partial charge in [0.2, 0.25) is 5.91 Å². The van der Waals surface area contributed by atoms with Gasteiger partial charge in [0.25, 0.3) is 0 Å². The van der Waals surface area contributed by atoms with Crippen LogP contribution in [0.2, 0.25) is 0 Å². The zero-order valence-electron chi connectivity index (χ0n) is 15.4. The van der Waals surface area contributed by atoms with Crippen LogP contribution in [0.5, 0.6) is 0 Å². The van der Waals surface area contributed by atoms with Gasteiger partial charge in [-0.05, 0) is 59.9 Å². The topological polar surface area (TPSA) is 63.2 Å². The second-order valence-corrected chi connectivity index (χ2v) is 9.77. The van der Waals surface area contributed by atoms with E-state index in [0.29, 0.717) is 17.7 Å². The van der Waals surface area contributed by atoms with Gasteiger partial charge in [0.1, 0.15) is 0 Å². The number of hydrogen-bond acceptors (Lipinski definition) is 4. The van der Waals surface area contributed by atoms with Crippen LogP contribution < -0.4 is 5.32 Å². The van der Waals surface area contributed by atoms with Gasteiger partial charge >= 0.3 is 0 Å². The molecule has 6 heteroatoms. The second-order valence-electron chi connectivity index (χ2n) is 6.85. The Balaban J connectivity index is 1.51. The second kappa shape index (κ2) is 8.23. The first kappa shape index (κ1) is 19.6. The summed E-state index contributed by atoms with van der Waals surface area (Å²) < 4.78 is 24.2. The Morgan fingerprint density at radius 1 is 1.11 bits per heavy atom. The first-order chi connectivity index (χ1) is 12.8. The van der Waals surface area contributed by atoms with Crippen LogP contribution in [0.25, 0.3) is 10.1 Å². The molecule has 1 aromatic heterocycles. The fraction of sp³-hybridized carbons (Fsp3) is 0.286. The highest BCUT2D eigenvalue weighted by molar-refractivity contribution is 7.90. The number of fused-ring (bicyclic) bond motifs is 1. The molecule has 0 spiro atoms. The third kappa shape index (κ3) is 5.17. The van der Waals surface area contributed by atoms with Gasteiger partial charge in [0.15, 0.2) is 9.84 Å². The number of thiophene rings is 1. The van der Waals surface area contributed by atoms with E-state index in [-0.39, 0.29) is 11.9 Å². The molecule has 4 nitrogen and oxygen atoms in total. The number of carbonyl (C=O) groups is 1. The van der Waals surface area contributed by atoms with Crippen LogP contribution in [0, 0.1) is 0 Å². The lowest BCUT2D eigenvalue weighted by molar-refractivity contribution is -0.121. The molecule has 3 aromatic rings. The van der Waals surface area contributed by atoms with Crippen LogP contribution in [0.3, 0.4) is 0 Å².